The van der Waals surface area contributed by atoms with E-state index < -0.39 is 0 Å². The van der Waals surface area contributed by atoms with Gasteiger partial charge in [0.05, 0.1) is 7.11 Å². The molecule has 1 aliphatic heterocycles. The number of carbonyl (C=O) groups excluding carboxylic acids is 1. The first-order chi connectivity index (χ1) is 14.7. The standard InChI is InChI=1S/C24H25N3O3/c1-29-19-8-10-20-18(15-19)7-9-21-22(25-30-23(20)21)24(28)27-13-11-26(12-14-27)16-17-5-3-2-4-6-17/h2-6,8,10,15H,7,9,11-14,16H2,1H3. The average molecular weight is 403 g/mol. The Bertz CT molecular complexity index is 1050. The minimum absolute atomic E-state index is 0.0173. The highest BCUT2D eigenvalue weighted by molar-refractivity contribution is 5.95. The van der Waals surface area contributed by atoms with Crippen molar-refractivity contribution < 1.29 is 14.1 Å². The summed E-state index contributed by atoms with van der Waals surface area (Å²) in [4.78, 5) is 17.5. The molecule has 2 aromatic carbocycles. The molecular weight excluding hydrogens is 378 g/mol. The van der Waals surface area contributed by atoms with Gasteiger partial charge in [0, 0.05) is 43.9 Å². The summed E-state index contributed by atoms with van der Waals surface area (Å²) >= 11 is 0. The molecule has 0 bridgehead atoms. The summed E-state index contributed by atoms with van der Waals surface area (Å²) in [5.74, 6) is 1.54. The van der Waals surface area contributed by atoms with E-state index in [4.69, 9.17) is 9.26 Å². The van der Waals surface area contributed by atoms with Crippen molar-refractivity contribution in [1.82, 2.24) is 15.0 Å². The highest BCUT2D eigenvalue weighted by atomic mass is 16.5. The van der Waals surface area contributed by atoms with E-state index in [1.165, 1.54) is 11.1 Å². The highest BCUT2D eigenvalue weighted by Crippen LogP contribution is 2.37. The number of nitrogens with zero attached hydrogens (tertiary/aromatic N) is 3. The van der Waals surface area contributed by atoms with E-state index in [9.17, 15) is 4.79 Å². The second-order valence-corrected chi connectivity index (χ2v) is 7.92. The number of hydrogen-bond donors (Lipinski definition) is 0. The Labute approximate surface area is 176 Å². The molecule has 0 atom stereocenters. The van der Waals surface area contributed by atoms with Gasteiger partial charge in [-0.1, -0.05) is 35.5 Å². The lowest BCUT2D eigenvalue weighted by molar-refractivity contribution is 0.0617. The van der Waals surface area contributed by atoms with Crippen LogP contribution in [0.25, 0.3) is 11.3 Å². The Hall–Kier alpha value is -3.12. The van der Waals surface area contributed by atoms with Crippen molar-refractivity contribution >= 4 is 5.91 Å². The van der Waals surface area contributed by atoms with Crippen molar-refractivity contribution in [2.75, 3.05) is 33.3 Å². The smallest absolute Gasteiger partial charge is 0.276 e. The maximum absolute atomic E-state index is 13.2. The van der Waals surface area contributed by atoms with Gasteiger partial charge in [-0.2, -0.15) is 0 Å². The molecular formula is C24H25N3O3. The van der Waals surface area contributed by atoms with Crippen molar-refractivity contribution in [2.24, 2.45) is 0 Å². The third kappa shape index (κ3) is 3.48. The van der Waals surface area contributed by atoms with E-state index in [2.05, 4.69) is 34.3 Å². The monoisotopic (exact) mass is 403 g/mol. The van der Waals surface area contributed by atoms with Gasteiger partial charge >= 0.3 is 0 Å². The van der Waals surface area contributed by atoms with Gasteiger partial charge in [-0.3, -0.25) is 9.69 Å². The fourth-order valence-electron chi connectivity index (χ4n) is 4.41. The van der Waals surface area contributed by atoms with Gasteiger partial charge in [-0.25, -0.2) is 0 Å². The van der Waals surface area contributed by atoms with Gasteiger partial charge < -0.3 is 14.2 Å². The summed E-state index contributed by atoms with van der Waals surface area (Å²) in [6, 6.07) is 16.4. The van der Waals surface area contributed by atoms with Crippen molar-refractivity contribution in [1.29, 1.82) is 0 Å². The maximum atomic E-state index is 13.2. The normalized spacial score (nSPS) is 16.1. The lowest BCUT2D eigenvalue weighted by atomic mass is 9.89. The SMILES string of the molecule is COc1ccc2c(c1)CCc1c(C(=O)N3CCN(Cc4ccccc4)CC3)noc1-2. The molecule has 0 saturated carbocycles. The van der Waals surface area contributed by atoms with Crippen LogP contribution in [0.3, 0.4) is 0 Å². The molecule has 0 radical (unpaired) electrons. The number of aryl methyl sites for hydroxylation is 1. The van der Waals surface area contributed by atoms with Crippen LogP contribution in [0.1, 0.15) is 27.2 Å². The summed E-state index contributed by atoms with van der Waals surface area (Å²) in [6.45, 7) is 4.07. The molecule has 0 N–H and O–H groups in total. The van der Waals surface area contributed by atoms with Gasteiger partial charge in [-0.15, -0.1) is 0 Å². The number of hydrogen-bond acceptors (Lipinski definition) is 5. The molecule has 1 aromatic heterocycles. The van der Waals surface area contributed by atoms with Crippen LogP contribution in [0.4, 0.5) is 0 Å². The summed E-state index contributed by atoms with van der Waals surface area (Å²) in [5.41, 5.74) is 4.90. The minimum Gasteiger partial charge on any atom is -0.497 e. The van der Waals surface area contributed by atoms with E-state index in [1.54, 1.807) is 7.11 Å². The highest BCUT2D eigenvalue weighted by Gasteiger charge is 2.31. The first-order valence-electron chi connectivity index (χ1n) is 10.4. The number of rotatable bonds is 4. The molecule has 30 heavy (non-hydrogen) atoms. The molecule has 0 unspecified atom stereocenters. The van der Waals surface area contributed by atoms with Crippen molar-refractivity contribution in [3.63, 3.8) is 0 Å². The molecule has 3 aromatic rings. The molecule has 0 spiro atoms. The zero-order chi connectivity index (χ0) is 20.5. The number of carbonyl (C=O) groups is 1. The number of amides is 1. The van der Waals surface area contributed by atoms with Crippen molar-refractivity contribution in [3.05, 3.63) is 70.9 Å². The molecule has 6 nitrogen and oxygen atoms in total. The molecule has 5 rings (SSSR count). The Morgan fingerprint density at radius 2 is 1.87 bits per heavy atom. The minimum atomic E-state index is -0.0173. The number of ether oxygens (including phenoxy) is 1. The molecule has 154 valence electrons. The second kappa shape index (κ2) is 7.95. The number of fused-ring (bicyclic) bond motifs is 3. The number of benzene rings is 2. The van der Waals surface area contributed by atoms with Gasteiger partial charge in [0.25, 0.3) is 5.91 Å². The molecule has 2 aliphatic rings. The van der Waals surface area contributed by atoms with Gasteiger partial charge in [0.2, 0.25) is 0 Å². The summed E-state index contributed by atoms with van der Waals surface area (Å²) in [6.07, 6.45) is 1.61. The number of methoxy groups -OCH3 is 1. The summed E-state index contributed by atoms with van der Waals surface area (Å²) in [7, 11) is 1.67. The maximum Gasteiger partial charge on any atom is 0.276 e. The lowest BCUT2D eigenvalue weighted by Crippen LogP contribution is -2.48. The molecule has 2 heterocycles. The molecule has 1 aliphatic carbocycles. The lowest BCUT2D eigenvalue weighted by Gasteiger charge is -2.34. The second-order valence-electron chi connectivity index (χ2n) is 7.92. The van der Waals surface area contributed by atoms with E-state index in [0.717, 1.165) is 55.1 Å². The van der Waals surface area contributed by atoms with Crippen LogP contribution in [-0.2, 0) is 19.4 Å². The van der Waals surface area contributed by atoms with E-state index in [1.807, 2.05) is 29.2 Å². The van der Waals surface area contributed by atoms with E-state index >= 15 is 0 Å². The molecule has 1 fully saturated rings. The number of aromatic nitrogens is 1. The van der Waals surface area contributed by atoms with Crippen LogP contribution in [0.15, 0.2) is 53.1 Å². The van der Waals surface area contributed by atoms with Crippen LogP contribution in [0.2, 0.25) is 0 Å². The summed E-state index contributed by atoms with van der Waals surface area (Å²) < 4.78 is 11.0. The van der Waals surface area contributed by atoms with Crippen molar-refractivity contribution in [2.45, 2.75) is 19.4 Å². The summed E-state index contributed by atoms with van der Waals surface area (Å²) in [5, 5.41) is 4.19. The zero-order valence-corrected chi connectivity index (χ0v) is 17.1. The average Bonchev–Trinajstić information content (AvgIpc) is 3.24. The number of piperazine rings is 1. The fraction of sp³-hybridized carbons (Fsp3) is 0.333. The first kappa shape index (κ1) is 18.9. The molecule has 6 heteroatoms. The molecule has 1 amide bonds. The van der Waals surface area contributed by atoms with Crippen LogP contribution in [0.5, 0.6) is 5.75 Å². The van der Waals surface area contributed by atoms with Gasteiger partial charge in [-0.05, 0) is 42.2 Å². The zero-order valence-electron chi connectivity index (χ0n) is 17.1. The quantitative estimate of drug-likeness (QED) is 0.668. The Kier molecular flexibility index (Phi) is 5.01. The Morgan fingerprint density at radius 1 is 1.07 bits per heavy atom. The largest absolute Gasteiger partial charge is 0.497 e. The predicted molar refractivity (Wildman–Crippen MR) is 114 cm³/mol. The third-order valence-corrected chi connectivity index (χ3v) is 6.10. The predicted octanol–water partition coefficient (Wildman–Crippen LogP) is 3.41. The van der Waals surface area contributed by atoms with Crippen LogP contribution >= 0.6 is 0 Å². The first-order valence-corrected chi connectivity index (χ1v) is 10.4. The van der Waals surface area contributed by atoms with E-state index in [-0.39, 0.29) is 5.91 Å². The fourth-order valence-corrected chi connectivity index (χ4v) is 4.41. The van der Waals surface area contributed by atoms with Crippen molar-refractivity contribution in [3.8, 4) is 17.1 Å². The topological polar surface area (TPSA) is 58.8 Å². The van der Waals surface area contributed by atoms with Crippen LogP contribution in [-0.4, -0.2) is 54.2 Å². The third-order valence-electron chi connectivity index (χ3n) is 6.10. The molecule has 1 saturated heterocycles. The van der Waals surface area contributed by atoms with Crippen LogP contribution in [0, 0.1) is 0 Å². The van der Waals surface area contributed by atoms with Crippen LogP contribution < -0.4 is 4.74 Å². The Balaban J connectivity index is 1.28. The van der Waals surface area contributed by atoms with E-state index in [0.29, 0.717) is 18.8 Å². The van der Waals surface area contributed by atoms with Gasteiger partial charge in [0.1, 0.15) is 5.75 Å². The Morgan fingerprint density at radius 3 is 2.63 bits per heavy atom. The van der Waals surface area contributed by atoms with Gasteiger partial charge in [0.15, 0.2) is 11.5 Å².